The van der Waals surface area contributed by atoms with Crippen LogP contribution in [0.25, 0.3) is 0 Å². The third-order valence-corrected chi connectivity index (χ3v) is 3.04. The molecule has 0 aromatic heterocycles. The van der Waals surface area contributed by atoms with Gasteiger partial charge in [-0.25, -0.2) is 4.39 Å². The number of alkyl halides is 1. The molecule has 2 rings (SSSR count). The normalized spacial score (nSPS) is 11.3. The summed E-state index contributed by atoms with van der Waals surface area (Å²) >= 11 is 4.64. The van der Waals surface area contributed by atoms with E-state index in [1.54, 1.807) is 18.2 Å². The first-order valence-corrected chi connectivity index (χ1v) is 8.13. The summed E-state index contributed by atoms with van der Waals surface area (Å²) in [5, 5.41) is 3.01. The molecular weight excluding hydrogens is 317 g/mol. The number of halogens is 2. The molecule has 0 aliphatic rings. The second-order valence-electron chi connectivity index (χ2n) is 4.63. The van der Waals surface area contributed by atoms with E-state index in [-0.39, 0.29) is 17.7 Å². The summed E-state index contributed by atoms with van der Waals surface area (Å²) in [7, 11) is 1.87. The van der Waals surface area contributed by atoms with Crippen LogP contribution in [0.15, 0.2) is 54.6 Å². The van der Waals surface area contributed by atoms with Gasteiger partial charge >= 0.3 is 0 Å². The Hall–Kier alpha value is -1.62. The van der Waals surface area contributed by atoms with Crippen molar-refractivity contribution in [3.8, 4) is 5.75 Å². The third-order valence-electron chi connectivity index (χ3n) is 3.04. The molecule has 1 N–H and O–H groups in total. The van der Waals surface area contributed by atoms with Gasteiger partial charge in [0, 0.05) is 12.9 Å². The lowest BCUT2D eigenvalue weighted by atomic mass is 10.1. The molecule has 126 valence electrons. The molecule has 2 aromatic carbocycles. The molecule has 23 heavy (non-hydrogen) atoms. The van der Waals surface area contributed by atoms with E-state index in [0.717, 1.165) is 12.1 Å². The maximum atomic E-state index is 13.7. The number of hydrogen-bond donors (Lipinski definition) is 1. The van der Waals surface area contributed by atoms with E-state index < -0.39 is 0 Å². The third kappa shape index (κ3) is 6.99. The smallest absolute Gasteiger partial charge is 0.165 e. The number of nitrogens with one attached hydrogen (secondary N) is 1. The van der Waals surface area contributed by atoms with Gasteiger partial charge in [-0.15, -0.1) is 11.6 Å². The highest BCUT2D eigenvalue weighted by atomic mass is 35.5. The van der Waals surface area contributed by atoms with Crippen molar-refractivity contribution in [2.24, 2.45) is 0 Å². The second kappa shape index (κ2) is 11.9. The summed E-state index contributed by atoms with van der Waals surface area (Å²) in [6, 6.07) is 16.1. The second-order valence-corrected chi connectivity index (χ2v) is 4.63. The van der Waals surface area contributed by atoms with E-state index >= 15 is 0 Å². The average Bonchev–Trinajstić information content (AvgIpc) is 2.62. The van der Waals surface area contributed by atoms with Crippen molar-refractivity contribution in [2.75, 3.05) is 33.2 Å². The lowest BCUT2D eigenvalue weighted by Crippen LogP contribution is -2.20. The Labute approximate surface area is 142 Å². The Morgan fingerprint density at radius 1 is 1.04 bits per heavy atom. The molecule has 2 aromatic rings. The zero-order valence-electron chi connectivity index (χ0n) is 13.5. The van der Waals surface area contributed by atoms with Gasteiger partial charge in [0.25, 0.3) is 0 Å². The molecule has 0 bridgehead atoms. The van der Waals surface area contributed by atoms with Crippen LogP contribution in [0.4, 0.5) is 4.39 Å². The van der Waals surface area contributed by atoms with Crippen LogP contribution in [-0.4, -0.2) is 33.2 Å². The topological polar surface area (TPSA) is 30.5 Å². The molecule has 0 fully saturated rings. The standard InChI is InChI=1S/C17H20FNO2.CH3Cl/c1-19-11-12-20-13-17(14-7-3-2-4-8-14)21-16-10-6-5-9-15(16)18;1-2/h2-10,17,19H,11-13H2,1H3;1H3. The van der Waals surface area contributed by atoms with E-state index in [2.05, 4.69) is 16.9 Å². The highest BCUT2D eigenvalue weighted by Gasteiger charge is 2.15. The summed E-state index contributed by atoms with van der Waals surface area (Å²) in [5.74, 6) is -0.128. The monoisotopic (exact) mass is 339 g/mol. The molecule has 0 aliphatic carbocycles. The molecule has 0 saturated carbocycles. The zero-order valence-corrected chi connectivity index (χ0v) is 14.2. The molecule has 0 amide bonds. The van der Waals surface area contributed by atoms with E-state index in [1.165, 1.54) is 12.4 Å². The molecule has 1 atom stereocenters. The van der Waals surface area contributed by atoms with E-state index in [9.17, 15) is 4.39 Å². The fourth-order valence-electron chi connectivity index (χ4n) is 1.92. The van der Waals surface area contributed by atoms with Crippen molar-refractivity contribution in [1.82, 2.24) is 5.32 Å². The van der Waals surface area contributed by atoms with Gasteiger partial charge in [-0.1, -0.05) is 42.5 Å². The summed E-state index contributed by atoms with van der Waals surface area (Å²) in [6.07, 6.45) is 1.14. The molecule has 0 heterocycles. The Morgan fingerprint density at radius 3 is 2.35 bits per heavy atom. The minimum atomic E-state index is -0.367. The highest BCUT2D eigenvalue weighted by molar-refractivity contribution is 6.15. The van der Waals surface area contributed by atoms with Crippen LogP contribution in [0.1, 0.15) is 11.7 Å². The molecule has 1 unspecified atom stereocenters. The summed E-state index contributed by atoms with van der Waals surface area (Å²) < 4.78 is 25.1. The highest BCUT2D eigenvalue weighted by Crippen LogP contribution is 2.24. The SMILES string of the molecule is CCl.CNCCOCC(Oc1ccccc1F)c1ccccc1. The lowest BCUT2D eigenvalue weighted by molar-refractivity contribution is 0.0494. The average molecular weight is 340 g/mol. The first-order valence-electron chi connectivity index (χ1n) is 7.37. The minimum Gasteiger partial charge on any atom is -0.480 e. The summed E-state index contributed by atoms with van der Waals surface area (Å²) in [6.45, 7) is 1.72. The Balaban J connectivity index is 0.00000127. The van der Waals surface area contributed by atoms with Crippen LogP contribution in [0, 0.1) is 5.82 Å². The van der Waals surface area contributed by atoms with Gasteiger partial charge in [-0.3, -0.25) is 0 Å². The summed E-state index contributed by atoms with van der Waals surface area (Å²) in [5.41, 5.74) is 0.963. The minimum absolute atomic E-state index is 0.239. The largest absolute Gasteiger partial charge is 0.480 e. The van der Waals surface area contributed by atoms with Crippen LogP contribution in [0.5, 0.6) is 5.75 Å². The van der Waals surface area contributed by atoms with E-state index in [4.69, 9.17) is 9.47 Å². The first-order chi connectivity index (χ1) is 11.3. The number of para-hydroxylation sites is 1. The zero-order chi connectivity index (χ0) is 16.9. The lowest BCUT2D eigenvalue weighted by Gasteiger charge is -2.20. The van der Waals surface area contributed by atoms with Crippen LogP contribution in [0.3, 0.4) is 0 Å². The van der Waals surface area contributed by atoms with Gasteiger partial charge in [-0.2, -0.15) is 0 Å². The predicted molar refractivity (Wildman–Crippen MR) is 92.7 cm³/mol. The van der Waals surface area contributed by atoms with Crippen molar-refractivity contribution in [3.63, 3.8) is 0 Å². The van der Waals surface area contributed by atoms with Gasteiger partial charge in [0.2, 0.25) is 0 Å². The fraction of sp³-hybridized carbons (Fsp3) is 0.333. The van der Waals surface area contributed by atoms with Crippen LogP contribution < -0.4 is 10.1 Å². The molecular formula is C18H23ClFNO2. The molecule has 0 radical (unpaired) electrons. The maximum absolute atomic E-state index is 13.7. The van der Waals surface area contributed by atoms with E-state index in [1.807, 2.05) is 37.4 Å². The van der Waals surface area contributed by atoms with Crippen molar-refractivity contribution in [2.45, 2.75) is 6.10 Å². The van der Waals surface area contributed by atoms with Gasteiger partial charge in [0.1, 0.15) is 6.10 Å². The van der Waals surface area contributed by atoms with Crippen molar-refractivity contribution in [1.29, 1.82) is 0 Å². The molecule has 0 spiro atoms. The number of rotatable bonds is 8. The molecule has 5 heteroatoms. The first kappa shape index (κ1) is 19.4. The Bertz CT molecular complexity index is 540. The van der Waals surface area contributed by atoms with Gasteiger partial charge in [0.05, 0.1) is 13.2 Å². The van der Waals surface area contributed by atoms with Crippen molar-refractivity contribution < 1.29 is 13.9 Å². The van der Waals surface area contributed by atoms with Crippen LogP contribution in [-0.2, 0) is 4.74 Å². The maximum Gasteiger partial charge on any atom is 0.165 e. The van der Waals surface area contributed by atoms with Gasteiger partial charge in [0.15, 0.2) is 11.6 Å². The summed E-state index contributed by atoms with van der Waals surface area (Å²) in [4.78, 5) is 0. The van der Waals surface area contributed by atoms with Crippen molar-refractivity contribution in [3.05, 3.63) is 66.0 Å². The van der Waals surface area contributed by atoms with Crippen LogP contribution in [0.2, 0.25) is 0 Å². The van der Waals surface area contributed by atoms with Crippen LogP contribution >= 0.6 is 11.6 Å². The Kier molecular flexibility index (Phi) is 10.0. The fourth-order valence-corrected chi connectivity index (χ4v) is 1.92. The number of hydrogen-bond acceptors (Lipinski definition) is 3. The van der Waals surface area contributed by atoms with Gasteiger partial charge < -0.3 is 14.8 Å². The molecule has 0 aliphatic heterocycles. The van der Waals surface area contributed by atoms with Gasteiger partial charge in [-0.05, 0) is 24.7 Å². The predicted octanol–water partition coefficient (Wildman–Crippen LogP) is 4.04. The Morgan fingerprint density at radius 2 is 1.70 bits per heavy atom. The van der Waals surface area contributed by atoms with Crippen molar-refractivity contribution >= 4 is 11.6 Å². The quantitative estimate of drug-likeness (QED) is 0.581. The molecule has 3 nitrogen and oxygen atoms in total. The number of ether oxygens (including phenoxy) is 2. The van der Waals surface area contributed by atoms with E-state index in [0.29, 0.717) is 13.2 Å². The number of benzene rings is 2. The molecule has 0 saturated heterocycles. The number of likely N-dealkylation sites (N-methyl/N-ethyl adjacent to an activating group) is 1.